The van der Waals surface area contributed by atoms with Gasteiger partial charge >= 0.3 is 0 Å². The summed E-state index contributed by atoms with van der Waals surface area (Å²) in [5.74, 6) is -0.749. The SMILES string of the molecule is CCCOc1cccc(NC2=C(c3ccccc3)C(=O)N(c3ccc(F)cc3)C2=O)c1. The number of rotatable bonds is 7. The molecule has 0 atom stereocenters. The van der Waals surface area contributed by atoms with Crippen molar-refractivity contribution in [1.29, 1.82) is 0 Å². The molecule has 0 unspecified atom stereocenters. The highest BCUT2D eigenvalue weighted by Gasteiger charge is 2.40. The molecule has 0 bridgehead atoms. The first-order chi connectivity index (χ1) is 15.1. The molecule has 1 aliphatic rings. The van der Waals surface area contributed by atoms with Crippen molar-refractivity contribution in [3.63, 3.8) is 0 Å². The summed E-state index contributed by atoms with van der Waals surface area (Å²) in [6.07, 6.45) is 0.876. The normalized spacial score (nSPS) is 13.7. The molecule has 5 nitrogen and oxygen atoms in total. The maximum atomic E-state index is 13.4. The van der Waals surface area contributed by atoms with Gasteiger partial charge in [0.25, 0.3) is 11.8 Å². The topological polar surface area (TPSA) is 58.6 Å². The number of nitrogens with zero attached hydrogens (tertiary/aromatic N) is 1. The van der Waals surface area contributed by atoms with Gasteiger partial charge in [0.05, 0.1) is 17.9 Å². The van der Waals surface area contributed by atoms with E-state index in [-0.39, 0.29) is 11.3 Å². The fourth-order valence-electron chi connectivity index (χ4n) is 3.37. The van der Waals surface area contributed by atoms with E-state index >= 15 is 0 Å². The number of hydrogen-bond donors (Lipinski definition) is 1. The third-order valence-corrected chi connectivity index (χ3v) is 4.81. The Morgan fingerprint density at radius 2 is 1.65 bits per heavy atom. The van der Waals surface area contributed by atoms with Crippen molar-refractivity contribution in [3.8, 4) is 5.75 Å². The molecule has 0 aliphatic carbocycles. The third kappa shape index (κ3) is 4.19. The molecule has 3 aromatic rings. The number of anilines is 2. The van der Waals surface area contributed by atoms with E-state index in [0.717, 1.165) is 11.3 Å². The maximum Gasteiger partial charge on any atom is 0.282 e. The van der Waals surface area contributed by atoms with Crippen LogP contribution < -0.4 is 15.0 Å². The van der Waals surface area contributed by atoms with Crippen LogP contribution in [-0.2, 0) is 9.59 Å². The van der Waals surface area contributed by atoms with E-state index in [2.05, 4.69) is 5.32 Å². The molecule has 6 heteroatoms. The summed E-state index contributed by atoms with van der Waals surface area (Å²) in [6, 6.07) is 21.5. The van der Waals surface area contributed by atoms with Crippen molar-refractivity contribution in [2.75, 3.05) is 16.8 Å². The molecule has 0 spiro atoms. The Bertz CT molecular complexity index is 1140. The van der Waals surface area contributed by atoms with Gasteiger partial charge in [-0.25, -0.2) is 9.29 Å². The van der Waals surface area contributed by atoms with Crippen LogP contribution in [0.3, 0.4) is 0 Å². The summed E-state index contributed by atoms with van der Waals surface area (Å²) in [4.78, 5) is 27.7. The minimum absolute atomic E-state index is 0.160. The molecule has 1 aliphatic heterocycles. The first-order valence-electron chi connectivity index (χ1n) is 10.0. The van der Waals surface area contributed by atoms with Gasteiger partial charge in [0, 0.05) is 11.8 Å². The predicted octanol–water partition coefficient (Wildman–Crippen LogP) is 5.01. The zero-order valence-electron chi connectivity index (χ0n) is 17.0. The van der Waals surface area contributed by atoms with Gasteiger partial charge in [0.2, 0.25) is 0 Å². The summed E-state index contributed by atoms with van der Waals surface area (Å²) in [6.45, 7) is 2.60. The molecular formula is C25H21FN2O3. The average Bonchev–Trinajstić information content (AvgIpc) is 3.03. The number of hydrogen-bond acceptors (Lipinski definition) is 4. The molecule has 4 rings (SSSR count). The average molecular weight is 416 g/mol. The van der Waals surface area contributed by atoms with Crippen molar-refractivity contribution in [3.05, 3.63) is 95.9 Å². The molecule has 0 saturated carbocycles. The van der Waals surface area contributed by atoms with E-state index in [0.29, 0.717) is 29.3 Å². The molecule has 31 heavy (non-hydrogen) atoms. The number of benzene rings is 3. The van der Waals surface area contributed by atoms with Crippen molar-refractivity contribution in [2.24, 2.45) is 0 Å². The fraction of sp³-hybridized carbons (Fsp3) is 0.120. The minimum Gasteiger partial charge on any atom is -0.494 e. The number of nitrogens with one attached hydrogen (secondary N) is 1. The number of halogens is 1. The quantitative estimate of drug-likeness (QED) is 0.550. The van der Waals surface area contributed by atoms with Gasteiger partial charge in [-0.15, -0.1) is 0 Å². The smallest absolute Gasteiger partial charge is 0.282 e. The largest absolute Gasteiger partial charge is 0.494 e. The lowest BCUT2D eigenvalue weighted by molar-refractivity contribution is -0.120. The van der Waals surface area contributed by atoms with E-state index in [9.17, 15) is 14.0 Å². The van der Waals surface area contributed by atoms with Gasteiger partial charge in [0.15, 0.2) is 0 Å². The number of carbonyl (C=O) groups is 2. The Hall–Kier alpha value is -3.93. The molecule has 3 aromatic carbocycles. The van der Waals surface area contributed by atoms with Crippen molar-refractivity contribution in [1.82, 2.24) is 0 Å². The Morgan fingerprint density at radius 3 is 2.35 bits per heavy atom. The second-order valence-electron chi connectivity index (χ2n) is 7.04. The predicted molar refractivity (Wildman–Crippen MR) is 118 cm³/mol. The van der Waals surface area contributed by atoms with Gasteiger partial charge in [0.1, 0.15) is 17.3 Å². The summed E-state index contributed by atoms with van der Waals surface area (Å²) in [7, 11) is 0. The fourth-order valence-corrected chi connectivity index (χ4v) is 3.37. The van der Waals surface area contributed by atoms with Crippen LogP contribution in [0.15, 0.2) is 84.6 Å². The van der Waals surface area contributed by atoms with Crippen LogP contribution in [0.1, 0.15) is 18.9 Å². The van der Waals surface area contributed by atoms with E-state index < -0.39 is 17.6 Å². The number of carbonyl (C=O) groups excluding carboxylic acids is 2. The molecule has 0 radical (unpaired) electrons. The molecule has 156 valence electrons. The van der Waals surface area contributed by atoms with E-state index in [1.807, 2.05) is 25.1 Å². The highest BCUT2D eigenvalue weighted by molar-refractivity contribution is 6.46. The number of amides is 2. The summed E-state index contributed by atoms with van der Waals surface area (Å²) >= 11 is 0. The second kappa shape index (κ2) is 8.83. The lowest BCUT2D eigenvalue weighted by atomic mass is 10.0. The van der Waals surface area contributed by atoms with Crippen LogP contribution >= 0.6 is 0 Å². The van der Waals surface area contributed by atoms with Crippen LogP contribution in [0.25, 0.3) is 5.57 Å². The molecule has 1 N–H and O–H groups in total. The lowest BCUT2D eigenvalue weighted by Crippen LogP contribution is -2.32. The van der Waals surface area contributed by atoms with Gasteiger partial charge < -0.3 is 10.1 Å². The Labute approximate surface area is 179 Å². The van der Waals surface area contributed by atoms with E-state index in [4.69, 9.17) is 4.74 Å². The van der Waals surface area contributed by atoms with Gasteiger partial charge in [-0.1, -0.05) is 43.3 Å². The molecule has 0 aromatic heterocycles. The second-order valence-corrected chi connectivity index (χ2v) is 7.04. The first kappa shape index (κ1) is 20.3. The summed E-state index contributed by atoms with van der Waals surface area (Å²) < 4.78 is 19.0. The lowest BCUT2D eigenvalue weighted by Gasteiger charge is -2.15. The van der Waals surface area contributed by atoms with Crippen LogP contribution in [0, 0.1) is 5.82 Å². The van der Waals surface area contributed by atoms with Crippen molar-refractivity contribution < 1.29 is 18.7 Å². The minimum atomic E-state index is -0.504. The van der Waals surface area contributed by atoms with Crippen molar-refractivity contribution in [2.45, 2.75) is 13.3 Å². The van der Waals surface area contributed by atoms with E-state index in [1.165, 1.54) is 24.3 Å². The van der Waals surface area contributed by atoms with Crippen molar-refractivity contribution >= 4 is 28.8 Å². The van der Waals surface area contributed by atoms with Crippen LogP contribution in [0.4, 0.5) is 15.8 Å². The Kier molecular flexibility index (Phi) is 5.80. The molecule has 1 heterocycles. The van der Waals surface area contributed by atoms with Gasteiger partial charge in [-0.05, 0) is 48.4 Å². The zero-order chi connectivity index (χ0) is 21.8. The zero-order valence-corrected chi connectivity index (χ0v) is 17.0. The van der Waals surface area contributed by atoms with Crippen LogP contribution in [0.2, 0.25) is 0 Å². The van der Waals surface area contributed by atoms with Crippen LogP contribution in [-0.4, -0.2) is 18.4 Å². The molecule has 2 amide bonds. The van der Waals surface area contributed by atoms with Crippen LogP contribution in [0.5, 0.6) is 5.75 Å². The first-order valence-corrected chi connectivity index (χ1v) is 10.0. The monoisotopic (exact) mass is 416 g/mol. The highest BCUT2D eigenvalue weighted by Crippen LogP contribution is 2.34. The highest BCUT2D eigenvalue weighted by atomic mass is 19.1. The number of imide groups is 1. The summed E-state index contributed by atoms with van der Waals surface area (Å²) in [5.41, 5.74) is 1.97. The maximum absolute atomic E-state index is 13.4. The van der Waals surface area contributed by atoms with Gasteiger partial charge in [-0.2, -0.15) is 0 Å². The van der Waals surface area contributed by atoms with Gasteiger partial charge in [-0.3, -0.25) is 9.59 Å². The standard InChI is InChI=1S/C25H21FN2O3/c1-2-15-31-21-10-6-9-19(16-21)27-23-22(17-7-4-3-5-8-17)24(29)28(25(23)30)20-13-11-18(26)12-14-20/h3-14,16,27H,2,15H2,1H3. The molecule has 0 fully saturated rings. The Morgan fingerprint density at radius 1 is 0.903 bits per heavy atom. The molecular weight excluding hydrogens is 395 g/mol. The third-order valence-electron chi connectivity index (χ3n) is 4.81. The Balaban J connectivity index is 1.74. The number of ether oxygens (including phenoxy) is 1. The summed E-state index contributed by atoms with van der Waals surface area (Å²) in [5, 5.41) is 3.11. The molecule has 0 saturated heterocycles. The van der Waals surface area contributed by atoms with E-state index in [1.54, 1.807) is 36.4 Å².